The minimum atomic E-state index is -4.95. The van der Waals surface area contributed by atoms with E-state index in [9.17, 15) is 31.1 Å². The summed E-state index contributed by atoms with van der Waals surface area (Å²) in [7, 11) is 0. The molecule has 0 heterocycles. The van der Waals surface area contributed by atoms with E-state index in [4.69, 9.17) is 9.57 Å². The number of hydrogen-bond acceptors (Lipinski definition) is 4. The van der Waals surface area contributed by atoms with Crippen LogP contribution in [0.4, 0.5) is 26.3 Å². The standard InChI is InChI=1S/C19H15F6NO3/c1-12(26-29-10-13-2-6-15(7-3-13)18(20,21)22)14-4-8-16(9-5-14)28-11-17(27)19(23,24)25/h2-9H,10-11H2,1H3/b26-12+. The summed E-state index contributed by atoms with van der Waals surface area (Å²) in [6, 6.07) is 10.2. The summed E-state index contributed by atoms with van der Waals surface area (Å²) in [5, 5.41) is 3.85. The number of rotatable bonds is 7. The second kappa shape index (κ2) is 8.97. The summed E-state index contributed by atoms with van der Waals surface area (Å²) in [4.78, 5) is 15.9. The van der Waals surface area contributed by atoms with E-state index < -0.39 is 30.3 Å². The molecule has 2 aromatic carbocycles. The van der Waals surface area contributed by atoms with E-state index in [1.165, 1.54) is 36.4 Å². The molecule has 2 rings (SSSR count). The van der Waals surface area contributed by atoms with Gasteiger partial charge in [-0.15, -0.1) is 0 Å². The number of oxime groups is 1. The third-order valence-corrected chi connectivity index (χ3v) is 3.67. The molecule has 4 nitrogen and oxygen atoms in total. The Kier molecular flexibility index (Phi) is 6.89. The molecular formula is C19H15F6NO3. The predicted molar refractivity (Wildman–Crippen MR) is 91.4 cm³/mol. The summed E-state index contributed by atoms with van der Waals surface area (Å²) < 4.78 is 78.7. The zero-order valence-electron chi connectivity index (χ0n) is 15.0. The van der Waals surface area contributed by atoms with E-state index in [1.807, 2.05) is 0 Å². The highest BCUT2D eigenvalue weighted by Crippen LogP contribution is 2.29. The zero-order chi connectivity index (χ0) is 21.7. The molecule has 0 radical (unpaired) electrons. The van der Waals surface area contributed by atoms with Crippen LogP contribution in [0.15, 0.2) is 53.7 Å². The van der Waals surface area contributed by atoms with E-state index in [0.717, 1.165) is 12.1 Å². The molecule has 0 unspecified atom stereocenters. The molecule has 0 amide bonds. The summed E-state index contributed by atoms with van der Waals surface area (Å²) in [5.74, 6) is -1.92. The second-order valence-electron chi connectivity index (χ2n) is 5.88. The van der Waals surface area contributed by atoms with E-state index in [2.05, 4.69) is 5.16 Å². The van der Waals surface area contributed by atoms with Crippen LogP contribution in [-0.2, 0) is 22.4 Å². The third kappa shape index (κ3) is 6.81. The Balaban J connectivity index is 1.89. The average molecular weight is 419 g/mol. The van der Waals surface area contributed by atoms with Crippen molar-refractivity contribution in [3.8, 4) is 5.75 Å². The van der Waals surface area contributed by atoms with Crippen molar-refractivity contribution in [3.63, 3.8) is 0 Å². The molecule has 0 aliphatic heterocycles. The van der Waals surface area contributed by atoms with Crippen LogP contribution in [0.25, 0.3) is 0 Å². The van der Waals surface area contributed by atoms with E-state index in [0.29, 0.717) is 16.8 Å². The van der Waals surface area contributed by atoms with Crippen LogP contribution >= 0.6 is 0 Å². The Hall–Kier alpha value is -3.04. The molecule has 0 N–H and O–H groups in total. The van der Waals surface area contributed by atoms with Crippen LogP contribution in [0.3, 0.4) is 0 Å². The van der Waals surface area contributed by atoms with Crippen LogP contribution in [0, 0.1) is 0 Å². The van der Waals surface area contributed by atoms with Crippen molar-refractivity contribution < 1.29 is 40.7 Å². The molecule has 10 heteroatoms. The largest absolute Gasteiger partial charge is 0.485 e. The van der Waals surface area contributed by atoms with Gasteiger partial charge in [-0.1, -0.05) is 17.3 Å². The van der Waals surface area contributed by atoms with Crippen molar-refractivity contribution >= 4 is 11.5 Å². The highest BCUT2D eigenvalue weighted by atomic mass is 19.4. The number of alkyl halides is 6. The molecule has 0 aliphatic carbocycles. The van der Waals surface area contributed by atoms with Gasteiger partial charge in [-0.3, -0.25) is 4.79 Å². The molecule has 0 aromatic heterocycles. The van der Waals surface area contributed by atoms with Crippen molar-refractivity contribution in [1.82, 2.24) is 0 Å². The van der Waals surface area contributed by atoms with Crippen molar-refractivity contribution in [1.29, 1.82) is 0 Å². The summed E-state index contributed by atoms with van der Waals surface area (Å²) >= 11 is 0. The zero-order valence-corrected chi connectivity index (χ0v) is 15.0. The first-order valence-electron chi connectivity index (χ1n) is 8.13. The van der Waals surface area contributed by atoms with Crippen LogP contribution in [0.2, 0.25) is 0 Å². The maximum absolute atomic E-state index is 12.5. The third-order valence-electron chi connectivity index (χ3n) is 3.67. The highest BCUT2D eigenvalue weighted by molar-refractivity contribution is 5.98. The first-order chi connectivity index (χ1) is 13.5. The van der Waals surface area contributed by atoms with Gasteiger partial charge in [0.25, 0.3) is 5.78 Å². The Morgan fingerprint density at radius 3 is 2.03 bits per heavy atom. The molecule has 0 saturated carbocycles. The maximum Gasteiger partial charge on any atom is 0.453 e. The number of carbonyl (C=O) groups is 1. The molecule has 0 spiro atoms. The Morgan fingerprint density at radius 1 is 0.931 bits per heavy atom. The lowest BCUT2D eigenvalue weighted by atomic mass is 10.1. The Bertz CT molecular complexity index is 855. The van der Waals surface area contributed by atoms with Crippen molar-refractivity contribution in [2.24, 2.45) is 5.16 Å². The smallest absolute Gasteiger partial charge is 0.453 e. The quantitative estimate of drug-likeness (QED) is 0.354. The monoisotopic (exact) mass is 419 g/mol. The Morgan fingerprint density at radius 2 is 1.52 bits per heavy atom. The Labute approximate surface area is 161 Å². The first-order valence-corrected chi connectivity index (χ1v) is 8.13. The van der Waals surface area contributed by atoms with Crippen molar-refractivity contribution in [2.75, 3.05) is 6.61 Å². The lowest BCUT2D eigenvalue weighted by Crippen LogP contribution is -2.28. The van der Waals surface area contributed by atoms with Crippen LogP contribution in [-0.4, -0.2) is 24.3 Å². The number of ether oxygens (including phenoxy) is 1. The van der Waals surface area contributed by atoms with E-state index in [1.54, 1.807) is 6.92 Å². The van der Waals surface area contributed by atoms with Gasteiger partial charge >= 0.3 is 12.4 Å². The number of Topliss-reactive ketones (excluding diaryl/α,β-unsaturated/α-hetero) is 1. The number of halogens is 6. The van der Waals surface area contributed by atoms with Gasteiger partial charge in [-0.2, -0.15) is 26.3 Å². The number of benzene rings is 2. The SMILES string of the molecule is C/C(=N\OCc1ccc(C(F)(F)F)cc1)c1ccc(OCC(=O)C(F)(F)F)cc1. The number of carbonyl (C=O) groups excluding carboxylic acids is 1. The number of ketones is 1. The topological polar surface area (TPSA) is 47.9 Å². The normalized spacial score (nSPS) is 12.6. The predicted octanol–water partition coefficient (Wildman–Crippen LogP) is 5.16. The van der Waals surface area contributed by atoms with Crippen molar-refractivity contribution in [2.45, 2.75) is 25.9 Å². The van der Waals surface area contributed by atoms with Gasteiger partial charge in [0.1, 0.15) is 12.4 Å². The molecule has 0 aliphatic rings. The van der Waals surface area contributed by atoms with Gasteiger partial charge in [0.15, 0.2) is 6.61 Å². The molecule has 156 valence electrons. The van der Waals surface area contributed by atoms with Gasteiger partial charge < -0.3 is 9.57 Å². The van der Waals surface area contributed by atoms with Gasteiger partial charge in [-0.05, 0) is 54.4 Å². The van der Waals surface area contributed by atoms with Crippen LogP contribution < -0.4 is 4.74 Å². The van der Waals surface area contributed by atoms with Gasteiger partial charge in [-0.25, -0.2) is 0 Å². The van der Waals surface area contributed by atoms with Crippen LogP contribution in [0.5, 0.6) is 5.75 Å². The highest BCUT2D eigenvalue weighted by Gasteiger charge is 2.38. The minimum Gasteiger partial charge on any atom is -0.485 e. The van der Waals surface area contributed by atoms with Gasteiger partial charge in [0, 0.05) is 0 Å². The number of hydrogen-bond donors (Lipinski definition) is 0. The lowest BCUT2D eigenvalue weighted by Gasteiger charge is -2.09. The number of nitrogens with zero attached hydrogens (tertiary/aromatic N) is 1. The fourth-order valence-electron chi connectivity index (χ4n) is 2.07. The lowest BCUT2D eigenvalue weighted by molar-refractivity contribution is -0.173. The maximum atomic E-state index is 12.5. The van der Waals surface area contributed by atoms with E-state index in [-0.39, 0.29) is 12.4 Å². The summed E-state index contributed by atoms with van der Waals surface area (Å²) in [5.41, 5.74) is 0.731. The fraction of sp³-hybridized carbons (Fsp3) is 0.263. The molecule has 29 heavy (non-hydrogen) atoms. The molecular weight excluding hydrogens is 404 g/mol. The van der Waals surface area contributed by atoms with Crippen LogP contribution in [0.1, 0.15) is 23.6 Å². The van der Waals surface area contributed by atoms with E-state index >= 15 is 0 Å². The molecule has 0 saturated heterocycles. The second-order valence-corrected chi connectivity index (χ2v) is 5.88. The van der Waals surface area contributed by atoms with Gasteiger partial charge in [0.05, 0.1) is 11.3 Å². The minimum absolute atomic E-state index is 0.0454. The molecule has 0 fully saturated rings. The fourth-order valence-corrected chi connectivity index (χ4v) is 2.07. The molecule has 0 atom stereocenters. The van der Waals surface area contributed by atoms with Gasteiger partial charge in [0.2, 0.25) is 0 Å². The summed E-state index contributed by atoms with van der Waals surface area (Å²) in [6.07, 6.45) is -9.36. The van der Waals surface area contributed by atoms with Crippen molar-refractivity contribution in [3.05, 3.63) is 65.2 Å². The molecule has 0 bridgehead atoms. The first kappa shape index (κ1) is 22.3. The average Bonchev–Trinajstić information content (AvgIpc) is 2.65. The molecule has 2 aromatic rings. The summed E-state index contributed by atoms with van der Waals surface area (Å²) in [6.45, 7) is 0.443.